The van der Waals surface area contributed by atoms with Crippen molar-refractivity contribution in [2.45, 2.75) is 68.2 Å². The van der Waals surface area contributed by atoms with Crippen LogP contribution in [-0.4, -0.2) is 54.5 Å². The van der Waals surface area contributed by atoms with Crippen molar-refractivity contribution in [2.24, 2.45) is 0 Å². The summed E-state index contributed by atoms with van der Waals surface area (Å²) >= 11 is -8.76. The molecule has 0 bridgehead atoms. The van der Waals surface area contributed by atoms with Crippen molar-refractivity contribution in [1.82, 2.24) is 0 Å². The third-order valence-corrected chi connectivity index (χ3v) is 68.7. The SMILES string of the molecule is C[CH2][Sn]([Cl])([CH2]C)[O][Sn]([CH2]C)([CH2]C)[O][Sn]([Cl])([CH2]C)[CH2]C. The number of halogens is 2. The fraction of sp³-hybridized carbons (Fsp3) is 1.00. The van der Waals surface area contributed by atoms with E-state index in [4.69, 9.17) is 20.7 Å². The molecule has 0 spiro atoms. The van der Waals surface area contributed by atoms with E-state index in [1.165, 1.54) is 0 Å². The van der Waals surface area contributed by atoms with Crippen molar-refractivity contribution in [3.8, 4) is 0 Å². The Labute approximate surface area is 141 Å². The zero-order valence-electron chi connectivity index (χ0n) is 13.3. The molecule has 0 radical (unpaired) electrons. The van der Waals surface area contributed by atoms with Gasteiger partial charge >= 0.3 is 143 Å². The molecular formula is C12H30Cl2O2Sn3. The summed E-state index contributed by atoms with van der Waals surface area (Å²) in [6.07, 6.45) is 0. The summed E-state index contributed by atoms with van der Waals surface area (Å²) in [5.41, 5.74) is 0. The second-order valence-corrected chi connectivity index (χ2v) is 50.6. The van der Waals surface area contributed by atoms with E-state index in [0.29, 0.717) is 0 Å². The molecule has 7 heteroatoms. The molecule has 0 aromatic carbocycles. The van der Waals surface area contributed by atoms with Gasteiger partial charge in [0.1, 0.15) is 0 Å². The predicted octanol–water partition coefficient (Wildman–Crippen LogP) is 5.94. The van der Waals surface area contributed by atoms with Crippen LogP contribution in [0.2, 0.25) is 26.6 Å². The quantitative estimate of drug-likeness (QED) is 0.278. The van der Waals surface area contributed by atoms with Gasteiger partial charge in [0.25, 0.3) is 0 Å². The number of hydrogen-bond donors (Lipinski definition) is 0. The first-order chi connectivity index (χ1) is 8.78. The van der Waals surface area contributed by atoms with E-state index in [9.17, 15) is 0 Å². The van der Waals surface area contributed by atoms with Crippen molar-refractivity contribution in [3.63, 3.8) is 0 Å². The van der Waals surface area contributed by atoms with E-state index in [1.807, 2.05) is 0 Å². The molecule has 0 N–H and O–H groups in total. The second-order valence-electron chi connectivity index (χ2n) is 5.00. The summed E-state index contributed by atoms with van der Waals surface area (Å²) in [5, 5.41) is 0. The minimum atomic E-state index is -3.02. The molecule has 0 aromatic heterocycles. The predicted molar refractivity (Wildman–Crippen MR) is 94.0 cm³/mol. The Hall–Kier alpha value is 2.90. The molecule has 0 saturated carbocycles. The molecule has 0 rings (SSSR count). The number of hydrogen-bond acceptors (Lipinski definition) is 2. The van der Waals surface area contributed by atoms with Crippen LogP contribution >= 0.6 is 17.8 Å². The summed E-state index contributed by atoms with van der Waals surface area (Å²) in [6.45, 7) is 13.1. The molecule has 0 amide bonds. The number of rotatable bonds is 10. The van der Waals surface area contributed by atoms with Crippen LogP contribution in [0.3, 0.4) is 0 Å². The van der Waals surface area contributed by atoms with Gasteiger partial charge in [0.2, 0.25) is 0 Å². The van der Waals surface area contributed by atoms with Crippen LogP contribution in [0.15, 0.2) is 0 Å². The summed E-state index contributed by atoms with van der Waals surface area (Å²) in [5.74, 6) is 0. The van der Waals surface area contributed by atoms with E-state index in [1.54, 1.807) is 0 Å². The molecule has 19 heavy (non-hydrogen) atoms. The molecule has 0 unspecified atom stereocenters. The Balaban J connectivity index is 5.15. The van der Waals surface area contributed by atoms with Crippen molar-refractivity contribution >= 4 is 72.4 Å². The second kappa shape index (κ2) is 9.91. The molecule has 0 aliphatic rings. The average molecular weight is 633 g/mol. The normalized spacial score (nSPS) is 13.9. The molecule has 0 aliphatic heterocycles. The van der Waals surface area contributed by atoms with Crippen LogP contribution in [0.25, 0.3) is 0 Å². The van der Waals surface area contributed by atoms with E-state index >= 15 is 0 Å². The Morgan fingerprint density at radius 2 is 0.842 bits per heavy atom. The maximum absolute atomic E-state index is 6.81. The van der Waals surface area contributed by atoms with Crippen LogP contribution in [0.4, 0.5) is 0 Å². The molecule has 116 valence electrons. The van der Waals surface area contributed by atoms with Gasteiger partial charge in [-0.1, -0.05) is 0 Å². The van der Waals surface area contributed by atoms with E-state index in [-0.39, 0.29) is 0 Å². The zero-order chi connectivity index (χ0) is 15.2. The van der Waals surface area contributed by atoms with Crippen LogP contribution in [-0.2, 0) is 2.82 Å². The first-order valence-electron chi connectivity index (χ1n) is 7.56. The Morgan fingerprint density at radius 1 is 0.579 bits per heavy atom. The molecule has 0 fully saturated rings. The summed E-state index contributed by atoms with van der Waals surface area (Å²) < 4.78 is 19.5. The first-order valence-corrected chi connectivity index (χ1v) is 31.6. The standard InChI is InChI=1S/6C2H5.2ClH.2O.3Sn/c6*1-2;;;;;;;/h6*1H2,2H3;2*1H;;;;;/q;;;;;;;;;;;2*+1/p-2. The van der Waals surface area contributed by atoms with E-state index < -0.39 is 54.5 Å². The third-order valence-electron chi connectivity index (χ3n) is 3.93. The minimum absolute atomic E-state index is 1.03. The van der Waals surface area contributed by atoms with Crippen molar-refractivity contribution in [1.29, 1.82) is 0 Å². The van der Waals surface area contributed by atoms with Gasteiger partial charge in [0.15, 0.2) is 0 Å². The van der Waals surface area contributed by atoms with Crippen LogP contribution in [0, 0.1) is 0 Å². The summed E-state index contributed by atoms with van der Waals surface area (Å²) in [7, 11) is 13.6. The van der Waals surface area contributed by atoms with Gasteiger partial charge in [-0.3, -0.25) is 0 Å². The molecule has 2 nitrogen and oxygen atoms in total. The van der Waals surface area contributed by atoms with E-state index in [0.717, 1.165) is 26.6 Å². The van der Waals surface area contributed by atoms with Gasteiger partial charge in [-0.05, 0) is 0 Å². The van der Waals surface area contributed by atoms with Gasteiger partial charge in [0.05, 0.1) is 0 Å². The monoisotopic (exact) mass is 636 g/mol. The topological polar surface area (TPSA) is 18.5 Å². The van der Waals surface area contributed by atoms with Gasteiger partial charge in [-0.15, -0.1) is 0 Å². The molecule has 0 heterocycles. The zero-order valence-corrected chi connectivity index (χ0v) is 23.4. The van der Waals surface area contributed by atoms with Crippen LogP contribution in [0.1, 0.15) is 41.5 Å². The van der Waals surface area contributed by atoms with Crippen molar-refractivity contribution in [2.75, 3.05) is 0 Å². The maximum atomic E-state index is 6.81. The van der Waals surface area contributed by atoms with Gasteiger partial charge < -0.3 is 0 Å². The van der Waals surface area contributed by atoms with Crippen LogP contribution in [0.5, 0.6) is 0 Å². The Morgan fingerprint density at radius 3 is 1.00 bits per heavy atom. The van der Waals surface area contributed by atoms with E-state index in [2.05, 4.69) is 41.5 Å². The molecular weight excluding hydrogens is 603 g/mol. The van der Waals surface area contributed by atoms with Gasteiger partial charge in [-0.2, -0.15) is 0 Å². The van der Waals surface area contributed by atoms with Crippen molar-refractivity contribution in [3.05, 3.63) is 0 Å². The van der Waals surface area contributed by atoms with Gasteiger partial charge in [0, 0.05) is 0 Å². The van der Waals surface area contributed by atoms with Gasteiger partial charge in [-0.25, -0.2) is 0 Å². The molecule has 0 atom stereocenters. The first kappa shape index (κ1) is 21.9. The molecule has 0 saturated heterocycles. The third kappa shape index (κ3) is 6.89. The summed E-state index contributed by atoms with van der Waals surface area (Å²) in [6, 6.07) is 0. The summed E-state index contributed by atoms with van der Waals surface area (Å²) in [4.78, 5) is 0. The van der Waals surface area contributed by atoms with Crippen LogP contribution < -0.4 is 0 Å². The Kier molecular flexibility index (Phi) is 11.4. The molecule has 0 aromatic rings. The van der Waals surface area contributed by atoms with Crippen molar-refractivity contribution < 1.29 is 2.82 Å². The fourth-order valence-electron chi connectivity index (χ4n) is 2.01. The Bertz CT molecular complexity index is 233. The fourth-order valence-corrected chi connectivity index (χ4v) is 80.0. The molecule has 0 aliphatic carbocycles. The average Bonchev–Trinajstić information content (AvgIpc) is 2.46.